The van der Waals surface area contributed by atoms with Crippen molar-refractivity contribution in [2.45, 2.75) is 23.9 Å². The quantitative estimate of drug-likeness (QED) is 0.298. The molecule has 2 amide bonds. The first-order valence-corrected chi connectivity index (χ1v) is 12.9. The van der Waals surface area contributed by atoms with E-state index in [2.05, 4.69) is 11.2 Å². The number of nitrogens with one attached hydrogen (secondary N) is 1. The lowest BCUT2D eigenvalue weighted by atomic mass is 10.0. The van der Waals surface area contributed by atoms with Crippen LogP contribution in [-0.2, 0) is 25.5 Å². The van der Waals surface area contributed by atoms with Gasteiger partial charge in [-0.3, -0.25) is 14.5 Å². The Morgan fingerprint density at radius 2 is 1.54 bits per heavy atom. The van der Waals surface area contributed by atoms with Crippen LogP contribution in [0.1, 0.15) is 22.8 Å². The number of esters is 1. The Balaban J connectivity index is 1.35. The molecule has 1 unspecified atom stereocenters. The van der Waals surface area contributed by atoms with E-state index in [0.29, 0.717) is 11.3 Å². The Hall–Kier alpha value is -4.28. The molecule has 1 saturated heterocycles. The first kappa shape index (κ1) is 24.4. The molecule has 2 aliphatic rings. The zero-order chi connectivity index (χ0) is 25.8. The number of hydrogen-bond donors (Lipinski definition) is 1. The van der Waals surface area contributed by atoms with Crippen LogP contribution < -0.4 is 5.32 Å². The van der Waals surface area contributed by atoms with E-state index >= 15 is 0 Å². The van der Waals surface area contributed by atoms with Gasteiger partial charge in [0, 0.05) is 11.3 Å². The highest BCUT2D eigenvalue weighted by atomic mass is 32.2. The Morgan fingerprint density at radius 3 is 2.11 bits per heavy atom. The Kier molecular flexibility index (Phi) is 7.11. The van der Waals surface area contributed by atoms with E-state index in [1.807, 2.05) is 91.0 Å². The van der Waals surface area contributed by atoms with Crippen molar-refractivity contribution in [2.75, 3.05) is 5.75 Å². The van der Waals surface area contributed by atoms with Gasteiger partial charge in [-0.05, 0) is 16.7 Å². The molecule has 0 spiro atoms. The van der Waals surface area contributed by atoms with Crippen LogP contribution in [0.2, 0.25) is 0 Å². The third kappa shape index (κ3) is 5.02. The number of thioether (sulfide) groups is 1. The smallest absolute Gasteiger partial charge is 0.357 e. The van der Waals surface area contributed by atoms with E-state index in [-0.39, 0.29) is 23.9 Å². The predicted octanol–water partition coefficient (Wildman–Crippen LogP) is 3.85. The molecule has 7 heteroatoms. The number of fused-ring (bicyclic) bond motifs is 1. The lowest BCUT2D eigenvalue weighted by molar-refractivity contribution is -0.154. The number of benzene rings is 3. The van der Waals surface area contributed by atoms with Crippen molar-refractivity contribution < 1.29 is 19.1 Å². The summed E-state index contributed by atoms with van der Waals surface area (Å²) >= 11 is 1.42. The average Bonchev–Trinajstić information content (AvgIpc) is 2.95. The monoisotopic (exact) mass is 508 g/mol. The summed E-state index contributed by atoms with van der Waals surface area (Å²) in [4.78, 5) is 40.7. The minimum absolute atomic E-state index is 0.0710. The number of hydrogen-bond acceptors (Lipinski definition) is 5. The van der Waals surface area contributed by atoms with E-state index in [1.54, 1.807) is 0 Å². The summed E-state index contributed by atoms with van der Waals surface area (Å²) in [5.74, 6) is 1.62. The standard InChI is InChI=1S/C30H24N2O4S/c1-2-21-19-37-29-25(31-24(33)18-20-12-6-3-7-13-20)28(34)32(29)26(21)30(35)36-27(22-14-8-4-9-15-22)23-16-10-5-11-17-23/h1,3-17,25,27,29H,18-19H2,(H,31,33)/t25?,29-/m1/s1. The summed E-state index contributed by atoms with van der Waals surface area (Å²) < 4.78 is 6.01. The zero-order valence-electron chi connectivity index (χ0n) is 19.9. The number of carbonyl (C=O) groups is 3. The van der Waals surface area contributed by atoms with Crippen molar-refractivity contribution in [1.29, 1.82) is 0 Å². The molecule has 2 heterocycles. The Labute approximate surface area is 219 Å². The number of nitrogens with zero attached hydrogens (tertiary/aromatic N) is 1. The van der Waals surface area contributed by atoms with Crippen molar-refractivity contribution in [3.05, 3.63) is 119 Å². The topological polar surface area (TPSA) is 75.7 Å². The van der Waals surface area contributed by atoms with E-state index in [4.69, 9.17) is 11.2 Å². The van der Waals surface area contributed by atoms with Gasteiger partial charge in [-0.25, -0.2) is 4.79 Å². The summed E-state index contributed by atoms with van der Waals surface area (Å²) in [6.45, 7) is 0. The number of ether oxygens (including phenoxy) is 1. The SMILES string of the molecule is C#CC1=C(C(=O)OC(c2ccccc2)c2ccccc2)N2C(=O)C(NC(=O)Cc3ccccc3)[C@H]2SC1. The third-order valence-corrected chi connectivity index (χ3v) is 7.57. The van der Waals surface area contributed by atoms with Crippen LogP contribution in [0.5, 0.6) is 0 Å². The van der Waals surface area contributed by atoms with Crippen molar-refractivity contribution in [3.8, 4) is 12.3 Å². The van der Waals surface area contributed by atoms with Gasteiger partial charge < -0.3 is 10.1 Å². The molecule has 5 rings (SSSR count). The molecule has 0 radical (unpaired) electrons. The van der Waals surface area contributed by atoms with Gasteiger partial charge in [-0.2, -0.15) is 0 Å². The molecule has 2 atom stereocenters. The molecule has 1 fully saturated rings. The highest BCUT2D eigenvalue weighted by Gasteiger charge is 2.54. The van der Waals surface area contributed by atoms with Gasteiger partial charge in [0.2, 0.25) is 5.91 Å². The normalized spacial score (nSPS) is 18.5. The van der Waals surface area contributed by atoms with Crippen LogP contribution in [0.4, 0.5) is 0 Å². The van der Waals surface area contributed by atoms with Gasteiger partial charge in [0.15, 0.2) is 6.10 Å². The minimum atomic E-state index is -0.734. The Bertz CT molecular complexity index is 1340. The van der Waals surface area contributed by atoms with Gasteiger partial charge in [0.05, 0.1) is 6.42 Å². The van der Waals surface area contributed by atoms with Crippen molar-refractivity contribution in [3.63, 3.8) is 0 Å². The molecular formula is C30H24N2O4S. The van der Waals surface area contributed by atoms with Crippen molar-refractivity contribution in [2.24, 2.45) is 0 Å². The van der Waals surface area contributed by atoms with Gasteiger partial charge in [-0.15, -0.1) is 18.2 Å². The molecule has 3 aromatic carbocycles. The van der Waals surface area contributed by atoms with Gasteiger partial charge in [-0.1, -0.05) is 96.9 Å². The fourth-order valence-corrected chi connectivity index (χ4v) is 5.76. The lowest BCUT2D eigenvalue weighted by Crippen LogP contribution is -2.70. The second-order valence-corrected chi connectivity index (χ2v) is 9.80. The van der Waals surface area contributed by atoms with Crippen LogP contribution in [0, 0.1) is 12.3 Å². The molecule has 37 heavy (non-hydrogen) atoms. The third-order valence-electron chi connectivity index (χ3n) is 6.29. The molecule has 0 saturated carbocycles. The summed E-state index contributed by atoms with van der Waals surface area (Å²) in [5, 5.41) is 2.39. The highest BCUT2D eigenvalue weighted by Crippen LogP contribution is 2.41. The molecule has 0 bridgehead atoms. The summed E-state index contributed by atoms with van der Waals surface area (Å²) in [6, 6.07) is 27.4. The molecule has 2 aliphatic heterocycles. The molecule has 1 N–H and O–H groups in total. The molecule has 6 nitrogen and oxygen atoms in total. The van der Waals surface area contributed by atoms with Crippen LogP contribution in [0.3, 0.4) is 0 Å². The number of amides is 2. The zero-order valence-corrected chi connectivity index (χ0v) is 20.7. The number of carbonyl (C=O) groups excluding carboxylic acids is 3. The second-order valence-electron chi connectivity index (χ2n) is 8.70. The van der Waals surface area contributed by atoms with E-state index in [1.165, 1.54) is 16.7 Å². The van der Waals surface area contributed by atoms with Crippen LogP contribution >= 0.6 is 11.8 Å². The maximum atomic E-state index is 13.6. The van der Waals surface area contributed by atoms with Crippen molar-refractivity contribution in [1.82, 2.24) is 10.2 Å². The second kappa shape index (κ2) is 10.8. The number of rotatable bonds is 7. The molecule has 184 valence electrons. The van der Waals surface area contributed by atoms with Crippen LogP contribution in [-0.4, -0.2) is 39.9 Å². The molecular weight excluding hydrogens is 484 g/mol. The number of β-lactam (4-membered cyclic amide) rings is 1. The predicted molar refractivity (Wildman–Crippen MR) is 142 cm³/mol. The highest BCUT2D eigenvalue weighted by molar-refractivity contribution is 8.00. The lowest BCUT2D eigenvalue weighted by Gasteiger charge is -2.49. The maximum Gasteiger partial charge on any atom is 0.357 e. The van der Waals surface area contributed by atoms with Gasteiger partial charge in [0.1, 0.15) is 17.1 Å². The summed E-state index contributed by atoms with van der Waals surface area (Å²) in [5.41, 5.74) is 2.92. The first-order chi connectivity index (χ1) is 18.1. The summed E-state index contributed by atoms with van der Waals surface area (Å²) in [7, 11) is 0. The average molecular weight is 509 g/mol. The van der Waals surface area contributed by atoms with E-state index in [9.17, 15) is 14.4 Å². The molecule has 0 aromatic heterocycles. The van der Waals surface area contributed by atoms with Crippen molar-refractivity contribution >= 4 is 29.5 Å². The molecule has 0 aliphatic carbocycles. The first-order valence-electron chi connectivity index (χ1n) is 11.9. The fourth-order valence-electron chi connectivity index (χ4n) is 4.47. The maximum absolute atomic E-state index is 13.6. The summed E-state index contributed by atoms with van der Waals surface area (Å²) in [6.07, 6.45) is 5.22. The largest absolute Gasteiger partial charge is 0.448 e. The fraction of sp³-hybridized carbons (Fsp3) is 0.167. The van der Waals surface area contributed by atoms with E-state index < -0.39 is 23.5 Å². The Morgan fingerprint density at radius 1 is 0.973 bits per heavy atom. The van der Waals surface area contributed by atoms with E-state index in [0.717, 1.165) is 16.7 Å². The van der Waals surface area contributed by atoms with Crippen LogP contribution in [0.25, 0.3) is 0 Å². The van der Waals surface area contributed by atoms with Gasteiger partial charge in [0.25, 0.3) is 5.91 Å². The number of terminal acetylenes is 1. The molecule has 3 aromatic rings. The minimum Gasteiger partial charge on any atom is -0.448 e. The van der Waals surface area contributed by atoms with Crippen LogP contribution in [0.15, 0.2) is 102 Å². The van der Waals surface area contributed by atoms with Gasteiger partial charge >= 0.3 is 5.97 Å².